The Bertz CT molecular complexity index is 588. The number of rotatable bonds is 2. The molecule has 1 amide bonds. The lowest BCUT2D eigenvalue weighted by atomic mass is 10.3. The number of anilines is 1. The first-order valence-electron chi connectivity index (χ1n) is 4.66. The van der Waals surface area contributed by atoms with Crippen molar-refractivity contribution in [3.63, 3.8) is 0 Å². The van der Waals surface area contributed by atoms with Gasteiger partial charge >= 0.3 is 0 Å². The summed E-state index contributed by atoms with van der Waals surface area (Å²) >= 11 is 14.6. The summed E-state index contributed by atoms with van der Waals surface area (Å²) in [5.41, 5.74) is 0.384. The molecule has 5 nitrogen and oxygen atoms in total. The van der Waals surface area contributed by atoms with Crippen LogP contribution in [0.15, 0.2) is 29.0 Å². The standard InChI is InChI=1S/C10H5BrCl2N4O/c11-6-1-5(3-14-4-6)9(18)16-8-2-7(12)15-10(13)17-8/h1-4H,(H,15,16,17,18). The monoisotopic (exact) mass is 346 g/mol. The third-order valence-corrected chi connectivity index (χ3v) is 2.67. The number of hydrogen-bond acceptors (Lipinski definition) is 4. The number of nitrogens with zero attached hydrogens (tertiary/aromatic N) is 3. The van der Waals surface area contributed by atoms with E-state index in [4.69, 9.17) is 23.2 Å². The van der Waals surface area contributed by atoms with Crippen LogP contribution in [0.25, 0.3) is 0 Å². The molecule has 0 aliphatic heterocycles. The van der Waals surface area contributed by atoms with Gasteiger partial charge in [0.15, 0.2) is 0 Å². The van der Waals surface area contributed by atoms with Crippen LogP contribution in [0.1, 0.15) is 10.4 Å². The van der Waals surface area contributed by atoms with E-state index in [2.05, 4.69) is 36.2 Å². The first kappa shape index (κ1) is 13.2. The summed E-state index contributed by atoms with van der Waals surface area (Å²) in [6, 6.07) is 3.03. The third kappa shape index (κ3) is 3.38. The summed E-state index contributed by atoms with van der Waals surface area (Å²) in [4.78, 5) is 23.3. The lowest BCUT2D eigenvalue weighted by Gasteiger charge is -2.04. The Balaban J connectivity index is 2.21. The zero-order chi connectivity index (χ0) is 13.1. The molecule has 2 heterocycles. The van der Waals surface area contributed by atoms with Crippen molar-refractivity contribution in [2.75, 3.05) is 5.32 Å². The van der Waals surface area contributed by atoms with Crippen LogP contribution in [0.4, 0.5) is 5.82 Å². The predicted molar refractivity (Wildman–Crippen MR) is 71.9 cm³/mol. The van der Waals surface area contributed by atoms with Gasteiger partial charge < -0.3 is 5.32 Å². The van der Waals surface area contributed by atoms with Crippen molar-refractivity contribution in [1.82, 2.24) is 15.0 Å². The van der Waals surface area contributed by atoms with E-state index in [1.165, 1.54) is 12.3 Å². The smallest absolute Gasteiger partial charge is 0.258 e. The Morgan fingerprint density at radius 3 is 2.67 bits per heavy atom. The number of nitrogens with one attached hydrogen (secondary N) is 1. The molecule has 0 atom stereocenters. The van der Waals surface area contributed by atoms with E-state index in [1.54, 1.807) is 12.3 Å². The maximum atomic E-state index is 11.9. The molecule has 0 bridgehead atoms. The molecule has 8 heteroatoms. The van der Waals surface area contributed by atoms with Crippen LogP contribution < -0.4 is 5.32 Å². The molecule has 92 valence electrons. The molecular formula is C10H5BrCl2N4O. The summed E-state index contributed by atoms with van der Waals surface area (Å²) in [5.74, 6) is -0.139. The molecule has 0 saturated heterocycles. The van der Waals surface area contributed by atoms with E-state index in [0.717, 1.165) is 0 Å². The molecule has 0 aliphatic carbocycles. The first-order valence-corrected chi connectivity index (χ1v) is 6.21. The van der Waals surface area contributed by atoms with Crippen LogP contribution >= 0.6 is 39.1 Å². The predicted octanol–water partition coefficient (Wildman–Crippen LogP) is 3.19. The van der Waals surface area contributed by atoms with Gasteiger partial charge in [-0.3, -0.25) is 9.78 Å². The van der Waals surface area contributed by atoms with Crippen LogP contribution in [-0.4, -0.2) is 20.9 Å². The summed E-state index contributed by atoms with van der Waals surface area (Å²) in [7, 11) is 0. The van der Waals surface area contributed by atoms with Crippen molar-refractivity contribution in [3.8, 4) is 0 Å². The normalized spacial score (nSPS) is 10.2. The van der Waals surface area contributed by atoms with Crippen molar-refractivity contribution in [3.05, 3.63) is 45.0 Å². The maximum Gasteiger partial charge on any atom is 0.258 e. The van der Waals surface area contributed by atoms with Gasteiger partial charge in [-0.1, -0.05) is 11.6 Å². The Morgan fingerprint density at radius 1 is 1.22 bits per heavy atom. The van der Waals surface area contributed by atoms with E-state index < -0.39 is 0 Å². The molecule has 0 fully saturated rings. The van der Waals surface area contributed by atoms with Gasteiger partial charge in [0.05, 0.1) is 5.56 Å². The van der Waals surface area contributed by atoms with E-state index >= 15 is 0 Å². The Hall–Kier alpha value is -1.24. The summed E-state index contributed by atoms with van der Waals surface area (Å²) in [5, 5.41) is 2.66. The molecular weight excluding hydrogens is 343 g/mol. The van der Waals surface area contributed by atoms with Crippen LogP contribution in [0.2, 0.25) is 10.4 Å². The first-order chi connectivity index (χ1) is 8.54. The molecule has 2 aromatic rings. The minimum absolute atomic E-state index is 0.0369. The topological polar surface area (TPSA) is 67.8 Å². The SMILES string of the molecule is O=C(Nc1cc(Cl)nc(Cl)n1)c1cncc(Br)c1. The second-order valence-electron chi connectivity index (χ2n) is 3.19. The van der Waals surface area contributed by atoms with Crippen LogP contribution in [-0.2, 0) is 0 Å². The van der Waals surface area contributed by atoms with Crippen molar-refractivity contribution >= 4 is 50.9 Å². The second kappa shape index (κ2) is 5.60. The van der Waals surface area contributed by atoms with E-state index in [-0.39, 0.29) is 22.2 Å². The van der Waals surface area contributed by atoms with Gasteiger partial charge in [0.25, 0.3) is 5.91 Å². The van der Waals surface area contributed by atoms with Crippen LogP contribution in [0.3, 0.4) is 0 Å². The highest BCUT2D eigenvalue weighted by Gasteiger charge is 2.09. The van der Waals surface area contributed by atoms with Gasteiger partial charge in [0.2, 0.25) is 5.28 Å². The fourth-order valence-electron chi connectivity index (χ4n) is 1.18. The average Bonchev–Trinajstić information content (AvgIpc) is 2.27. The molecule has 18 heavy (non-hydrogen) atoms. The zero-order valence-electron chi connectivity index (χ0n) is 8.69. The Morgan fingerprint density at radius 2 is 2.00 bits per heavy atom. The Labute approximate surface area is 121 Å². The zero-order valence-corrected chi connectivity index (χ0v) is 11.8. The summed E-state index contributed by atoms with van der Waals surface area (Å²) < 4.78 is 0.703. The van der Waals surface area contributed by atoms with Gasteiger partial charge in [-0.15, -0.1) is 0 Å². The number of aromatic nitrogens is 3. The lowest BCUT2D eigenvalue weighted by Crippen LogP contribution is -2.13. The highest BCUT2D eigenvalue weighted by Crippen LogP contribution is 2.16. The minimum Gasteiger partial charge on any atom is -0.306 e. The van der Waals surface area contributed by atoms with E-state index in [9.17, 15) is 4.79 Å². The minimum atomic E-state index is -0.366. The molecule has 0 unspecified atom stereocenters. The molecule has 2 aromatic heterocycles. The highest BCUT2D eigenvalue weighted by molar-refractivity contribution is 9.10. The van der Waals surface area contributed by atoms with Gasteiger partial charge in [0, 0.05) is 22.9 Å². The summed E-state index contributed by atoms with van der Waals surface area (Å²) in [6.45, 7) is 0. The Kier molecular flexibility index (Phi) is 4.11. The molecule has 2 rings (SSSR count). The van der Waals surface area contributed by atoms with Gasteiger partial charge in [0.1, 0.15) is 11.0 Å². The van der Waals surface area contributed by atoms with Gasteiger partial charge in [-0.05, 0) is 33.6 Å². The summed E-state index contributed by atoms with van der Waals surface area (Å²) in [6.07, 6.45) is 3.01. The number of pyridine rings is 1. The van der Waals surface area contributed by atoms with E-state index in [0.29, 0.717) is 10.0 Å². The number of carbonyl (C=O) groups is 1. The molecule has 0 aromatic carbocycles. The number of halogens is 3. The fraction of sp³-hybridized carbons (Fsp3) is 0. The number of carbonyl (C=O) groups excluding carboxylic acids is 1. The molecule has 0 radical (unpaired) electrons. The van der Waals surface area contributed by atoms with Crippen molar-refractivity contribution < 1.29 is 4.79 Å². The van der Waals surface area contributed by atoms with Crippen molar-refractivity contribution in [1.29, 1.82) is 0 Å². The van der Waals surface area contributed by atoms with Crippen LogP contribution in [0, 0.1) is 0 Å². The number of amides is 1. The molecule has 0 aliphatic rings. The third-order valence-electron chi connectivity index (χ3n) is 1.88. The van der Waals surface area contributed by atoms with Gasteiger partial charge in [-0.2, -0.15) is 0 Å². The molecule has 0 saturated carbocycles. The van der Waals surface area contributed by atoms with E-state index in [1.807, 2.05) is 0 Å². The average molecular weight is 348 g/mol. The molecule has 1 N–H and O–H groups in total. The fourth-order valence-corrected chi connectivity index (χ4v) is 1.95. The van der Waals surface area contributed by atoms with Crippen molar-refractivity contribution in [2.24, 2.45) is 0 Å². The highest BCUT2D eigenvalue weighted by atomic mass is 79.9. The second-order valence-corrected chi connectivity index (χ2v) is 4.83. The lowest BCUT2D eigenvalue weighted by molar-refractivity contribution is 0.102. The maximum absolute atomic E-state index is 11.9. The largest absolute Gasteiger partial charge is 0.306 e. The van der Waals surface area contributed by atoms with Gasteiger partial charge in [-0.25, -0.2) is 9.97 Å². The molecule has 0 spiro atoms. The van der Waals surface area contributed by atoms with Crippen LogP contribution in [0.5, 0.6) is 0 Å². The van der Waals surface area contributed by atoms with Crippen molar-refractivity contribution in [2.45, 2.75) is 0 Å². The quantitative estimate of drug-likeness (QED) is 0.669. The number of hydrogen-bond donors (Lipinski definition) is 1.